The maximum atomic E-state index is 12.5. The molecule has 0 radical (unpaired) electrons. The number of methoxy groups -OCH3 is 1. The van der Waals surface area contributed by atoms with Crippen molar-refractivity contribution in [3.8, 4) is 0 Å². The quantitative estimate of drug-likeness (QED) is 0.577. The zero-order valence-corrected chi connectivity index (χ0v) is 12.7. The maximum absolute atomic E-state index is 12.5. The van der Waals surface area contributed by atoms with Gasteiger partial charge in [-0.15, -0.1) is 0 Å². The molecule has 0 aromatic rings. The Balaban J connectivity index is 3.33. The van der Waals surface area contributed by atoms with Gasteiger partial charge in [-0.25, -0.2) is 5.01 Å². The number of ether oxygens (including phenoxy) is 1. The lowest BCUT2D eigenvalue weighted by Gasteiger charge is -2.45. The first-order valence-corrected chi connectivity index (χ1v) is 6.23. The molecule has 1 heterocycles. The van der Waals surface area contributed by atoms with Crippen LogP contribution in [-0.4, -0.2) is 45.9 Å². The summed E-state index contributed by atoms with van der Waals surface area (Å²) in [6.07, 6.45) is 0. The molecule has 108 valence electrons. The average molecular weight is 269 g/mol. The van der Waals surface area contributed by atoms with Crippen LogP contribution in [-0.2, 0) is 14.3 Å². The van der Waals surface area contributed by atoms with E-state index in [9.17, 15) is 9.59 Å². The number of nitrogens with zero attached hydrogens (tertiary/aromatic N) is 2. The Kier molecular flexibility index (Phi) is 3.67. The SMILES string of the molecule is COC(=O)C1C(=N)N(C(C)(C)C)N(C(C)(C)C)C1=O. The van der Waals surface area contributed by atoms with E-state index < -0.39 is 28.9 Å². The van der Waals surface area contributed by atoms with Gasteiger partial charge in [-0.2, -0.15) is 0 Å². The van der Waals surface area contributed by atoms with Crippen LogP contribution >= 0.6 is 0 Å². The van der Waals surface area contributed by atoms with Crippen LogP contribution in [0.3, 0.4) is 0 Å². The molecule has 1 fully saturated rings. The number of hydrogen-bond donors (Lipinski definition) is 1. The number of carbonyl (C=O) groups excluding carboxylic acids is 2. The minimum absolute atomic E-state index is 0.0284. The first kappa shape index (κ1) is 15.5. The third-order valence-corrected chi connectivity index (χ3v) is 2.87. The van der Waals surface area contributed by atoms with Gasteiger partial charge in [-0.1, -0.05) is 0 Å². The molecule has 0 aromatic carbocycles. The van der Waals surface area contributed by atoms with Gasteiger partial charge < -0.3 is 4.74 Å². The molecule has 1 saturated heterocycles. The van der Waals surface area contributed by atoms with Gasteiger partial charge in [0.05, 0.1) is 18.2 Å². The molecular weight excluding hydrogens is 246 g/mol. The molecule has 0 aromatic heterocycles. The van der Waals surface area contributed by atoms with E-state index in [-0.39, 0.29) is 5.84 Å². The van der Waals surface area contributed by atoms with Crippen LogP contribution in [0.4, 0.5) is 0 Å². The number of hydrazine groups is 1. The predicted octanol–water partition coefficient (Wildman–Crippen LogP) is 1.41. The Labute approximate surface area is 114 Å². The average Bonchev–Trinajstić information content (AvgIpc) is 2.48. The van der Waals surface area contributed by atoms with Crippen molar-refractivity contribution in [3.05, 3.63) is 0 Å². The molecule has 1 atom stereocenters. The highest BCUT2D eigenvalue weighted by atomic mass is 16.5. The molecule has 1 amide bonds. The number of hydrogen-bond acceptors (Lipinski definition) is 4. The maximum Gasteiger partial charge on any atom is 0.326 e. The summed E-state index contributed by atoms with van der Waals surface area (Å²) in [5.41, 5.74) is -0.984. The first-order valence-electron chi connectivity index (χ1n) is 6.23. The Morgan fingerprint density at radius 2 is 1.53 bits per heavy atom. The van der Waals surface area contributed by atoms with Crippen LogP contribution in [0.15, 0.2) is 0 Å². The van der Waals surface area contributed by atoms with Crippen molar-refractivity contribution in [1.29, 1.82) is 5.41 Å². The van der Waals surface area contributed by atoms with Crippen molar-refractivity contribution < 1.29 is 14.3 Å². The van der Waals surface area contributed by atoms with Crippen LogP contribution in [0, 0.1) is 11.3 Å². The number of amidine groups is 1. The van der Waals surface area contributed by atoms with Crippen molar-refractivity contribution in [3.63, 3.8) is 0 Å². The largest absolute Gasteiger partial charge is 0.468 e. The fraction of sp³-hybridized carbons (Fsp3) is 0.769. The van der Waals surface area contributed by atoms with E-state index in [4.69, 9.17) is 5.41 Å². The molecule has 1 aliphatic rings. The van der Waals surface area contributed by atoms with Crippen LogP contribution in [0.25, 0.3) is 0 Å². The summed E-state index contributed by atoms with van der Waals surface area (Å²) in [4.78, 5) is 24.2. The van der Waals surface area contributed by atoms with Gasteiger partial charge >= 0.3 is 5.97 Å². The van der Waals surface area contributed by atoms with Crippen molar-refractivity contribution in [1.82, 2.24) is 10.0 Å². The number of carbonyl (C=O) groups is 2. The second-order valence-electron chi connectivity index (χ2n) is 6.64. The van der Waals surface area contributed by atoms with E-state index in [0.717, 1.165) is 0 Å². The van der Waals surface area contributed by atoms with Gasteiger partial charge in [0.2, 0.25) is 0 Å². The lowest BCUT2D eigenvalue weighted by molar-refractivity contribution is -0.159. The summed E-state index contributed by atoms with van der Waals surface area (Å²) in [5, 5.41) is 11.2. The topological polar surface area (TPSA) is 73.7 Å². The molecule has 6 heteroatoms. The van der Waals surface area contributed by atoms with Gasteiger partial charge in [-0.3, -0.25) is 20.0 Å². The minimum atomic E-state index is -1.16. The van der Waals surface area contributed by atoms with Gasteiger partial charge in [0.25, 0.3) is 5.91 Å². The standard InChI is InChI=1S/C13H23N3O3/c1-12(2,3)15-9(14)8(11(18)19-7)10(17)16(15)13(4,5)6/h8,14H,1-7H3. The van der Waals surface area contributed by atoms with Crippen molar-refractivity contribution >= 4 is 17.7 Å². The third kappa shape index (κ3) is 2.57. The van der Waals surface area contributed by atoms with E-state index in [1.807, 2.05) is 41.5 Å². The highest BCUT2D eigenvalue weighted by Gasteiger charge is 2.54. The van der Waals surface area contributed by atoms with E-state index in [1.54, 1.807) is 5.01 Å². The van der Waals surface area contributed by atoms with Crippen molar-refractivity contribution in [2.45, 2.75) is 52.6 Å². The molecule has 0 saturated carbocycles. The summed E-state index contributed by atoms with van der Waals surface area (Å²) in [6.45, 7) is 11.3. The Morgan fingerprint density at radius 3 is 1.79 bits per heavy atom. The number of rotatable bonds is 1. The molecule has 19 heavy (non-hydrogen) atoms. The number of amides is 1. The van der Waals surface area contributed by atoms with Crippen LogP contribution in [0.2, 0.25) is 0 Å². The summed E-state index contributed by atoms with van der Waals surface area (Å²) >= 11 is 0. The summed E-state index contributed by atoms with van der Waals surface area (Å²) in [5.74, 6) is -2.28. The van der Waals surface area contributed by atoms with Gasteiger partial charge in [0.1, 0.15) is 5.84 Å². The molecule has 0 spiro atoms. The highest BCUT2D eigenvalue weighted by molar-refractivity contribution is 6.20. The van der Waals surface area contributed by atoms with Crippen molar-refractivity contribution in [2.75, 3.05) is 7.11 Å². The molecular formula is C13H23N3O3. The van der Waals surface area contributed by atoms with Crippen LogP contribution < -0.4 is 0 Å². The number of nitrogens with one attached hydrogen (secondary N) is 1. The zero-order valence-electron chi connectivity index (χ0n) is 12.7. The summed E-state index contributed by atoms with van der Waals surface area (Å²) in [7, 11) is 1.23. The molecule has 6 nitrogen and oxygen atoms in total. The fourth-order valence-electron chi connectivity index (χ4n) is 2.19. The van der Waals surface area contributed by atoms with Gasteiger partial charge in [0, 0.05) is 0 Å². The Hall–Kier alpha value is -1.59. The monoisotopic (exact) mass is 269 g/mol. The third-order valence-electron chi connectivity index (χ3n) is 2.87. The Bertz CT molecular complexity index is 386. The molecule has 1 rings (SSSR count). The first-order chi connectivity index (χ1) is 8.42. The highest BCUT2D eigenvalue weighted by Crippen LogP contribution is 2.34. The Morgan fingerprint density at radius 1 is 1.11 bits per heavy atom. The van der Waals surface area contributed by atoms with Crippen molar-refractivity contribution in [2.24, 2.45) is 5.92 Å². The molecule has 0 bridgehead atoms. The normalized spacial score (nSPS) is 21.1. The molecule has 1 aliphatic heterocycles. The minimum Gasteiger partial charge on any atom is -0.468 e. The van der Waals surface area contributed by atoms with Gasteiger partial charge in [0.15, 0.2) is 5.92 Å². The lowest BCUT2D eigenvalue weighted by atomic mass is 10.1. The van der Waals surface area contributed by atoms with E-state index in [1.165, 1.54) is 12.1 Å². The van der Waals surface area contributed by atoms with Crippen LogP contribution in [0.1, 0.15) is 41.5 Å². The van der Waals surface area contributed by atoms with E-state index in [0.29, 0.717) is 0 Å². The van der Waals surface area contributed by atoms with Gasteiger partial charge in [-0.05, 0) is 41.5 Å². The van der Waals surface area contributed by atoms with E-state index >= 15 is 0 Å². The van der Waals surface area contributed by atoms with Crippen LogP contribution in [0.5, 0.6) is 0 Å². The number of esters is 1. The second-order valence-corrected chi connectivity index (χ2v) is 6.64. The predicted molar refractivity (Wildman–Crippen MR) is 71.4 cm³/mol. The fourth-order valence-corrected chi connectivity index (χ4v) is 2.19. The molecule has 1 N–H and O–H groups in total. The summed E-state index contributed by atoms with van der Waals surface area (Å²) < 4.78 is 4.64. The smallest absolute Gasteiger partial charge is 0.326 e. The molecule has 0 aliphatic carbocycles. The lowest BCUT2D eigenvalue weighted by Crippen LogP contribution is -2.58. The summed E-state index contributed by atoms with van der Waals surface area (Å²) in [6, 6.07) is 0. The second kappa shape index (κ2) is 4.51. The molecule has 1 unspecified atom stereocenters. The van der Waals surface area contributed by atoms with E-state index in [2.05, 4.69) is 4.74 Å². The zero-order chi connectivity index (χ0) is 15.2.